The molecule has 108 valence electrons. The lowest BCUT2D eigenvalue weighted by atomic mass is 9.80. The Labute approximate surface area is 117 Å². The normalized spacial score (nSPS) is 28.4. The number of rotatable bonds is 2. The molecule has 2 aliphatic heterocycles. The van der Waals surface area contributed by atoms with Crippen LogP contribution in [0.3, 0.4) is 0 Å². The summed E-state index contributed by atoms with van der Waals surface area (Å²) in [6, 6.07) is 0. The maximum absolute atomic E-state index is 12.8. The van der Waals surface area contributed by atoms with E-state index in [9.17, 15) is 4.79 Å². The minimum Gasteiger partial charge on any atom is -0.338 e. The van der Waals surface area contributed by atoms with E-state index >= 15 is 0 Å². The van der Waals surface area contributed by atoms with Gasteiger partial charge in [0.2, 0.25) is 5.91 Å². The number of amides is 1. The maximum Gasteiger partial charge on any atom is 0.230 e. The molecule has 1 N–H and O–H groups in total. The highest BCUT2D eigenvalue weighted by atomic mass is 16.2. The molecule has 1 unspecified atom stereocenters. The predicted molar refractivity (Wildman–Crippen MR) is 78.9 cm³/mol. The molecule has 0 bridgehead atoms. The molecule has 0 aromatic heterocycles. The summed E-state index contributed by atoms with van der Waals surface area (Å²) in [6.07, 6.45) is 5.25. The summed E-state index contributed by atoms with van der Waals surface area (Å²) >= 11 is 0. The molecule has 0 aliphatic carbocycles. The largest absolute Gasteiger partial charge is 0.338 e. The van der Waals surface area contributed by atoms with Gasteiger partial charge in [0.15, 0.2) is 0 Å². The van der Waals surface area contributed by atoms with Gasteiger partial charge in [-0.25, -0.2) is 0 Å². The Balaban J connectivity index is 2.05. The van der Waals surface area contributed by atoms with Crippen molar-refractivity contribution in [1.82, 2.24) is 10.2 Å². The third-order valence-corrected chi connectivity index (χ3v) is 4.83. The molecule has 0 spiro atoms. The van der Waals surface area contributed by atoms with Gasteiger partial charge in [-0.05, 0) is 31.2 Å². The van der Waals surface area contributed by atoms with Crippen molar-refractivity contribution in [3.63, 3.8) is 0 Å². The Hall–Kier alpha value is -0.830. The number of hydrogen-bond donors (Lipinski definition) is 1. The lowest BCUT2D eigenvalue weighted by Crippen LogP contribution is -2.47. The van der Waals surface area contributed by atoms with E-state index in [0.29, 0.717) is 5.91 Å². The van der Waals surface area contributed by atoms with Crippen molar-refractivity contribution >= 4 is 5.91 Å². The van der Waals surface area contributed by atoms with Crippen molar-refractivity contribution in [3.8, 4) is 0 Å². The van der Waals surface area contributed by atoms with Crippen LogP contribution in [0.1, 0.15) is 47.0 Å². The number of carbonyl (C=O) groups is 1. The first kappa shape index (κ1) is 14.6. The summed E-state index contributed by atoms with van der Waals surface area (Å²) in [4.78, 5) is 14.8. The molecule has 3 heteroatoms. The maximum atomic E-state index is 12.8. The summed E-state index contributed by atoms with van der Waals surface area (Å²) in [6.45, 7) is 12.4. The van der Waals surface area contributed by atoms with E-state index in [1.54, 1.807) is 0 Å². The van der Waals surface area contributed by atoms with Crippen molar-refractivity contribution in [2.45, 2.75) is 47.0 Å². The van der Waals surface area contributed by atoms with Gasteiger partial charge in [0, 0.05) is 19.6 Å². The molecular weight excluding hydrogens is 236 g/mol. The number of nitrogens with one attached hydrogen (secondary N) is 1. The van der Waals surface area contributed by atoms with E-state index in [4.69, 9.17) is 0 Å². The summed E-state index contributed by atoms with van der Waals surface area (Å²) < 4.78 is 0. The molecule has 1 saturated heterocycles. The Bertz CT molecular complexity index is 373. The first-order valence-corrected chi connectivity index (χ1v) is 7.59. The van der Waals surface area contributed by atoms with E-state index in [1.807, 2.05) is 0 Å². The summed E-state index contributed by atoms with van der Waals surface area (Å²) in [5.74, 6) is 0.365. The van der Waals surface area contributed by atoms with Crippen LogP contribution in [-0.2, 0) is 4.79 Å². The monoisotopic (exact) mass is 264 g/mol. The third kappa shape index (κ3) is 2.86. The highest BCUT2D eigenvalue weighted by molar-refractivity contribution is 5.83. The average Bonchev–Trinajstić information content (AvgIpc) is 2.87. The van der Waals surface area contributed by atoms with Gasteiger partial charge in [0.05, 0.1) is 5.41 Å². The summed E-state index contributed by atoms with van der Waals surface area (Å²) in [7, 11) is 0. The fourth-order valence-electron chi connectivity index (χ4n) is 3.25. The van der Waals surface area contributed by atoms with Crippen LogP contribution in [0, 0.1) is 10.8 Å². The second-order valence-corrected chi connectivity index (χ2v) is 7.04. The Morgan fingerprint density at radius 2 is 2.21 bits per heavy atom. The fraction of sp³-hybridized carbons (Fsp3) is 0.812. The smallest absolute Gasteiger partial charge is 0.230 e. The van der Waals surface area contributed by atoms with Crippen LogP contribution in [-0.4, -0.2) is 37.0 Å². The molecule has 0 aromatic rings. The molecule has 3 nitrogen and oxygen atoms in total. The van der Waals surface area contributed by atoms with Crippen LogP contribution in [0.5, 0.6) is 0 Å². The van der Waals surface area contributed by atoms with Crippen LogP contribution in [0.25, 0.3) is 0 Å². The predicted octanol–water partition coefficient (Wildman–Crippen LogP) is 2.58. The zero-order valence-corrected chi connectivity index (χ0v) is 12.9. The Morgan fingerprint density at radius 3 is 2.63 bits per heavy atom. The number of hydrogen-bond acceptors (Lipinski definition) is 2. The van der Waals surface area contributed by atoms with Crippen molar-refractivity contribution in [3.05, 3.63) is 11.6 Å². The molecule has 1 amide bonds. The highest BCUT2D eigenvalue weighted by Crippen LogP contribution is 2.35. The molecule has 19 heavy (non-hydrogen) atoms. The fourth-order valence-corrected chi connectivity index (χ4v) is 3.25. The molecule has 1 fully saturated rings. The average molecular weight is 264 g/mol. The van der Waals surface area contributed by atoms with E-state index in [-0.39, 0.29) is 10.8 Å². The first-order chi connectivity index (χ1) is 8.89. The van der Waals surface area contributed by atoms with Crippen LogP contribution < -0.4 is 5.32 Å². The molecule has 2 aliphatic rings. The van der Waals surface area contributed by atoms with Crippen molar-refractivity contribution in [1.29, 1.82) is 0 Å². The molecule has 0 radical (unpaired) electrons. The molecule has 2 heterocycles. The van der Waals surface area contributed by atoms with E-state index < -0.39 is 0 Å². The van der Waals surface area contributed by atoms with Gasteiger partial charge in [0.1, 0.15) is 0 Å². The second-order valence-electron chi connectivity index (χ2n) is 7.04. The van der Waals surface area contributed by atoms with Gasteiger partial charge in [-0.15, -0.1) is 0 Å². The zero-order chi connectivity index (χ0) is 14.1. The van der Waals surface area contributed by atoms with E-state index in [2.05, 4.69) is 44.0 Å². The zero-order valence-electron chi connectivity index (χ0n) is 12.9. The second kappa shape index (κ2) is 5.28. The van der Waals surface area contributed by atoms with Gasteiger partial charge < -0.3 is 10.2 Å². The van der Waals surface area contributed by atoms with E-state index in [0.717, 1.165) is 45.4 Å². The molecule has 1 atom stereocenters. The summed E-state index contributed by atoms with van der Waals surface area (Å²) in [5.41, 5.74) is 1.60. The van der Waals surface area contributed by atoms with Gasteiger partial charge >= 0.3 is 0 Å². The lowest BCUT2D eigenvalue weighted by Gasteiger charge is -2.37. The van der Waals surface area contributed by atoms with Gasteiger partial charge in [-0.3, -0.25) is 4.79 Å². The third-order valence-electron chi connectivity index (χ3n) is 4.83. The van der Waals surface area contributed by atoms with Crippen LogP contribution in [0.4, 0.5) is 0 Å². The number of nitrogens with zero attached hydrogens (tertiary/aromatic N) is 1. The van der Waals surface area contributed by atoms with Crippen molar-refractivity contribution in [2.75, 3.05) is 26.2 Å². The molecule has 0 aromatic carbocycles. The van der Waals surface area contributed by atoms with Gasteiger partial charge in [0.25, 0.3) is 0 Å². The minimum absolute atomic E-state index is 0.132. The standard InChI is InChI=1S/C16H28N2O/c1-5-16(8-9-17-12-16)14(19)18-10-6-13(7-11-18)15(2,3)4/h6,17H,5,7-12H2,1-4H3. The summed E-state index contributed by atoms with van der Waals surface area (Å²) in [5, 5.41) is 3.35. The van der Waals surface area contributed by atoms with Gasteiger partial charge in [-0.1, -0.05) is 39.3 Å². The lowest BCUT2D eigenvalue weighted by molar-refractivity contribution is -0.141. The molecule has 0 saturated carbocycles. The Kier molecular flexibility index (Phi) is 4.05. The van der Waals surface area contributed by atoms with E-state index in [1.165, 1.54) is 5.57 Å². The van der Waals surface area contributed by atoms with Gasteiger partial charge in [-0.2, -0.15) is 0 Å². The topological polar surface area (TPSA) is 32.3 Å². The van der Waals surface area contributed by atoms with Crippen molar-refractivity contribution in [2.24, 2.45) is 10.8 Å². The van der Waals surface area contributed by atoms with Crippen LogP contribution >= 0.6 is 0 Å². The Morgan fingerprint density at radius 1 is 1.47 bits per heavy atom. The highest BCUT2D eigenvalue weighted by Gasteiger charge is 2.42. The quantitative estimate of drug-likeness (QED) is 0.778. The van der Waals surface area contributed by atoms with Crippen LogP contribution in [0.2, 0.25) is 0 Å². The van der Waals surface area contributed by atoms with Crippen molar-refractivity contribution < 1.29 is 4.79 Å². The molecular formula is C16H28N2O. The molecule has 2 rings (SSSR count). The first-order valence-electron chi connectivity index (χ1n) is 7.59. The SMILES string of the molecule is CCC1(C(=O)N2CC=C(C(C)(C)C)CC2)CCNC1. The van der Waals surface area contributed by atoms with Crippen LogP contribution in [0.15, 0.2) is 11.6 Å². The number of carbonyl (C=O) groups excluding carboxylic acids is 1. The minimum atomic E-state index is -0.132.